The predicted molar refractivity (Wildman–Crippen MR) is 73.0 cm³/mol. The third kappa shape index (κ3) is 2.90. The van der Waals surface area contributed by atoms with Crippen molar-refractivity contribution in [2.75, 3.05) is 13.1 Å². The SMILES string of the molecule is Cc1cc(C(C(C)N)N2CCCCC2)ccc1F. The lowest BCUT2D eigenvalue weighted by molar-refractivity contribution is 0.146. The second-order valence-electron chi connectivity index (χ2n) is 5.41. The van der Waals surface area contributed by atoms with E-state index in [0.717, 1.165) is 18.7 Å². The van der Waals surface area contributed by atoms with Gasteiger partial charge in [0.25, 0.3) is 0 Å². The molecule has 0 spiro atoms. The minimum atomic E-state index is -0.138. The van der Waals surface area contributed by atoms with Crippen molar-refractivity contribution < 1.29 is 4.39 Å². The molecule has 2 N–H and O–H groups in total. The molecule has 0 bridgehead atoms. The molecule has 2 rings (SSSR count). The van der Waals surface area contributed by atoms with Crippen LogP contribution in [0.3, 0.4) is 0 Å². The standard InChI is InChI=1S/C15H23FN2/c1-11-10-13(6-7-14(11)16)15(12(2)17)18-8-4-3-5-9-18/h6-7,10,12,15H,3-5,8-9,17H2,1-2H3. The smallest absolute Gasteiger partial charge is 0.126 e. The Morgan fingerprint density at radius 1 is 1.22 bits per heavy atom. The number of hydrogen-bond donors (Lipinski definition) is 1. The van der Waals surface area contributed by atoms with Gasteiger partial charge in [0.1, 0.15) is 5.82 Å². The Kier molecular flexibility index (Phi) is 4.36. The van der Waals surface area contributed by atoms with Gasteiger partial charge in [0.05, 0.1) is 0 Å². The molecule has 0 amide bonds. The molecule has 1 aliphatic rings. The topological polar surface area (TPSA) is 29.3 Å². The highest BCUT2D eigenvalue weighted by atomic mass is 19.1. The van der Waals surface area contributed by atoms with Crippen molar-refractivity contribution >= 4 is 0 Å². The molecule has 1 aliphatic heterocycles. The summed E-state index contributed by atoms with van der Waals surface area (Å²) in [7, 11) is 0. The summed E-state index contributed by atoms with van der Waals surface area (Å²) in [5.41, 5.74) is 8.00. The third-order valence-electron chi connectivity index (χ3n) is 3.81. The van der Waals surface area contributed by atoms with Gasteiger partial charge in [-0.3, -0.25) is 4.90 Å². The fourth-order valence-electron chi connectivity index (χ4n) is 2.90. The van der Waals surface area contributed by atoms with Gasteiger partial charge in [0.15, 0.2) is 0 Å². The van der Waals surface area contributed by atoms with Gasteiger partial charge in [-0.2, -0.15) is 0 Å². The van der Waals surface area contributed by atoms with Crippen LogP contribution in [-0.2, 0) is 0 Å². The molecule has 0 saturated carbocycles. The minimum Gasteiger partial charge on any atom is -0.326 e. The first kappa shape index (κ1) is 13.5. The maximum Gasteiger partial charge on any atom is 0.126 e. The van der Waals surface area contributed by atoms with Crippen LogP contribution in [0, 0.1) is 12.7 Å². The highest BCUT2D eigenvalue weighted by Crippen LogP contribution is 2.28. The largest absolute Gasteiger partial charge is 0.326 e. The summed E-state index contributed by atoms with van der Waals surface area (Å²) in [6.07, 6.45) is 3.79. The maximum atomic E-state index is 13.4. The zero-order valence-electron chi connectivity index (χ0n) is 11.3. The highest BCUT2D eigenvalue weighted by molar-refractivity contribution is 5.27. The van der Waals surface area contributed by atoms with Crippen molar-refractivity contribution in [3.63, 3.8) is 0 Å². The van der Waals surface area contributed by atoms with Crippen molar-refractivity contribution in [2.45, 2.75) is 45.2 Å². The van der Waals surface area contributed by atoms with Crippen LogP contribution in [0.25, 0.3) is 0 Å². The highest BCUT2D eigenvalue weighted by Gasteiger charge is 2.25. The normalized spacial score (nSPS) is 20.7. The Bertz CT molecular complexity index is 397. The molecule has 18 heavy (non-hydrogen) atoms. The van der Waals surface area contributed by atoms with Gasteiger partial charge in [-0.05, 0) is 57.0 Å². The third-order valence-corrected chi connectivity index (χ3v) is 3.81. The molecule has 2 unspecified atom stereocenters. The Morgan fingerprint density at radius 2 is 1.89 bits per heavy atom. The first-order valence-electron chi connectivity index (χ1n) is 6.85. The van der Waals surface area contributed by atoms with E-state index in [-0.39, 0.29) is 17.9 Å². The summed E-state index contributed by atoms with van der Waals surface area (Å²) < 4.78 is 13.4. The van der Waals surface area contributed by atoms with Crippen molar-refractivity contribution in [1.82, 2.24) is 4.90 Å². The van der Waals surface area contributed by atoms with Crippen LogP contribution >= 0.6 is 0 Å². The molecule has 0 aliphatic carbocycles. The van der Waals surface area contributed by atoms with E-state index >= 15 is 0 Å². The second kappa shape index (κ2) is 5.81. The summed E-state index contributed by atoms with van der Waals surface area (Å²) in [5, 5.41) is 0. The summed E-state index contributed by atoms with van der Waals surface area (Å²) in [6, 6.07) is 5.66. The Hall–Kier alpha value is -0.930. The zero-order valence-corrected chi connectivity index (χ0v) is 11.3. The number of aryl methyl sites for hydroxylation is 1. The average molecular weight is 250 g/mol. The summed E-state index contributed by atoms with van der Waals surface area (Å²) in [4.78, 5) is 2.45. The molecule has 0 radical (unpaired) electrons. The predicted octanol–water partition coefficient (Wildman–Crippen LogP) is 3.01. The first-order chi connectivity index (χ1) is 8.59. The van der Waals surface area contributed by atoms with Gasteiger partial charge in [-0.15, -0.1) is 0 Å². The fourth-order valence-corrected chi connectivity index (χ4v) is 2.90. The number of benzene rings is 1. The quantitative estimate of drug-likeness (QED) is 0.893. The van der Waals surface area contributed by atoms with Crippen LogP contribution in [0.1, 0.15) is 43.4 Å². The van der Waals surface area contributed by atoms with Crippen molar-refractivity contribution in [3.05, 3.63) is 35.1 Å². The second-order valence-corrected chi connectivity index (χ2v) is 5.41. The molecule has 0 aromatic heterocycles. The number of nitrogens with two attached hydrogens (primary N) is 1. The molecule has 1 fully saturated rings. The number of rotatable bonds is 3. The van der Waals surface area contributed by atoms with E-state index in [1.165, 1.54) is 19.3 Å². The van der Waals surface area contributed by atoms with E-state index in [1.807, 2.05) is 26.0 Å². The van der Waals surface area contributed by atoms with Gasteiger partial charge in [-0.25, -0.2) is 4.39 Å². The van der Waals surface area contributed by atoms with Gasteiger partial charge < -0.3 is 5.73 Å². The maximum absolute atomic E-state index is 13.4. The minimum absolute atomic E-state index is 0.0629. The average Bonchev–Trinajstić information content (AvgIpc) is 2.35. The van der Waals surface area contributed by atoms with E-state index in [4.69, 9.17) is 5.73 Å². The summed E-state index contributed by atoms with van der Waals surface area (Å²) >= 11 is 0. The molecular weight excluding hydrogens is 227 g/mol. The Labute approximate surface area is 109 Å². The molecular formula is C15H23FN2. The number of piperidine rings is 1. The van der Waals surface area contributed by atoms with E-state index in [1.54, 1.807) is 6.07 Å². The van der Waals surface area contributed by atoms with Crippen LogP contribution in [0.5, 0.6) is 0 Å². The lowest BCUT2D eigenvalue weighted by atomic mass is 9.95. The Balaban J connectivity index is 2.25. The van der Waals surface area contributed by atoms with Gasteiger partial charge in [0, 0.05) is 12.1 Å². The molecule has 3 heteroatoms. The van der Waals surface area contributed by atoms with Crippen molar-refractivity contribution in [3.8, 4) is 0 Å². The number of nitrogens with zero attached hydrogens (tertiary/aromatic N) is 1. The molecule has 2 atom stereocenters. The fraction of sp³-hybridized carbons (Fsp3) is 0.600. The van der Waals surface area contributed by atoms with Gasteiger partial charge in [-0.1, -0.05) is 18.6 Å². The van der Waals surface area contributed by atoms with E-state index in [2.05, 4.69) is 4.90 Å². The molecule has 1 heterocycles. The summed E-state index contributed by atoms with van der Waals surface area (Å²) in [5.74, 6) is -0.138. The van der Waals surface area contributed by atoms with Crippen LogP contribution in [0.4, 0.5) is 4.39 Å². The molecule has 2 nitrogen and oxygen atoms in total. The summed E-state index contributed by atoms with van der Waals surface area (Å²) in [6.45, 7) is 6.05. The number of halogens is 1. The van der Waals surface area contributed by atoms with Gasteiger partial charge in [0.2, 0.25) is 0 Å². The molecule has 100 valence electrons. The number of likely N-dealkylation sites (tertiary alicyclic amines) is 1. The van der Waals surface area contributed by atoms with E-state index in [9.17, 15) is 4.39 Å². The zero-order chi connectivity index (χ0) is 13.1. The number of hydrogen-bond acceptors (Lipinski definition) is 2. The van der Waals surface area contributed by atoms with Crippen molar-refractivity contribution in [1.29, 1.82) is 0 Å². The lowest BCUT2D eigenvalue weighted by Crippen LogP contribution is -2.42. The Morgan fingerprint density at radius 3 is 2.44 bits per heavy atom. The lowest BCUT2D eigenvalue weighted by Gasteiger charge is -2.37. The first-order valence-corrected chi connectivity index (χ1v) is 6.85. The monoisotopic (exact) mass is 250 g/mol. The molecule has 1 aromatic rings. The van der Waals surface area contributed by atoms with E-state index < -0.39 is 0 Å². The van der Waals surface area contributed by atoms with Crippen LogP contribution in [0.2, 0.25) is 0 Å². The molecule has 1 aromatic carbocycles. The van der Waals surface area contributed by atoms with Crippen LogP contribution < -0.4 is 5.73 Å². The van der Waals surface area contributed by atoms with Crippen LogP contribution in [-0.4, -0.2) is 24.0 Å². The molecule has 1 saturated heterocycles. The van der Waals surface area contributed by atoms with Crippen molar-refractivity contribution in [2.24, 2.45) is 5.73 Å². The van der Waals surface area contributed by atoms with Gasteiger partial charge >= 0.3 is 0 Å². The van der Waals surface area contributed by atoms with E-state index in [0.29, 0.717) is 5.56 Å². The van der Waals surface area contributed by atoms with Crippen LogP contribution in [0.15, 0.2) is 18.2 Å².